The maximum Gasteiger partial charge on any atom is 0.311 e. The van der Waals surface area contributed by atoms with Crippen LogP contribution in [-0.2, 0) is 14.3 Å². The van der Waals surface area contributed by atoms with E-state index in [1.54, 1.807) is 6.92 Å². The Kier molecular flexibility index (Phi) is 5.20. The SMILES string of the molecule is C=CCC1=C(C)C(OC(=O)C2C(CF)(CF)C2(CF)CF)CC1=O. The molecule has 24 heavy (non-hydrogen) atoms. The van der Waals surface area contributed by atoms with Crippen LogP contribution in [0.15, 0.2) is 23.8 Å². The molecule has 0 N–H and O–H groups in total. The lowest BCUT2D eigenvalue weighted by atomic mass is 9.97. The molecule has 2 rings (SSSR count). The Morgan fingerprint density at radius 1 is 1.21 bits per heavy atom. The summed E-state index contributed by atoms with van der Waals surface area (Å²) >= 11 is 0. The highest BCUT2D eigenvalue weighted by Crippen LogP contribution is 2.70. The van der Waals surface area contributed by atoms with Crippen LogP contribution in [0.4, 0.5) is 17.6 Å². The van der Waals surface area contributed by atoms with Gasteiger partial charge in [-0.3, -0.25) is 27.2 Å². The van der Waals surface area contributed by atoms with Gasteiger partial charge in [0.05, 0.1) is 49.9 Å². The summed E-state index contributed by atoms with van der Waals surface area (Å²) in [6, 6.07) is 0. The van der Waals surface area contributed by atoms with Crippen LogP contribution in [0, 0.1) is 16.7 Å². The smallest absolute Gasteiger partial charge is 0.311 e. The number of esters is 1. The van der Waals surface area contributed by atoms with Crippen LogP contribution < -0.4 is 0 Å². The molecule has 0 aliphatic heterocycles. The van der Waals surface area contributed by atoms with Crippen molar-refractivity contribution in [3.8, 4) is 0 Å². The van der Waals surface area contributed by atoms with Gasteiger partial charge in [0.2, 0.25) is 0 Å². The van der Waals surface area contributed by atoms with Crippen molar-refractivity contribution in [3.05, 3.63) is 23.8 Å². The van der Waals surface area contributed by atoms with Crippen LogP contribution in [0.25, 0.3) is 0 Å². The van der Waals surface area contributed by atoms with E-state index >= 15 is 0 Å². The molecule has 1 unspecified atom stereocenters. The molecule has 7 heteroatoms. The number of hydrogen-bond acceptors (Lipinski definition) is 3. The second kappa shape index (κ2) is 6.69. The molecule has 0 amide bonds. The fraction of sp³-hybridized carbons (Fsp3) is 0.647. The first-order valence-corrected chi connectivity index (χ1v) is 7.67. The molecule has 0 spiro atoms. The molecule has 0 aromatic rings. The molecule has 2 aliphatic carbocycles. The summed E-state index contributed by atoms with van der Waals surface area (Å²) in [6.07, 6.45) is 0.912. The third kappa shape index (κ3) is 2.40. The van der Waals surface area contributed by atoms with Crippen molar-refractivity contribution in [2.24, 2.45) is 16.7 Å². The van der Waals surface area contributed by atoms with Gasteiger partial charge in [-0.05, 0) is 18.9 Å². The molecule has 0 heterocycles. The molecule has 2 aliphatic rings. The summed E-state index contributed by atoms with van der Waals surface area (Å²) in [6.45, 7) is -0.246. The van der Waals surface area contributed by atoms with Gasteiger partial charge in [0.25, 0.3) is 0 Å². The van der Waals surface area contributed by atoms with Crippen molar-refractivity contribution in [3.63, 3.8) is 0 Å². The molecule has 0 bridgehead atoms. The van der Waals surface area contributed by atoms with E-state index in [0.717, 1.165) is 0 Å². The molecule has 0 aromatic heterocycles. The molecule has 3 nitrogen and oxygen atoms in total. The molecule has 0 saturated heterocycles. The van der Waals surface area contributed by atoms with Gasteiger partial charge in [0, 0.05) is 5.57 Å². The molecule has 0 radical (unpaired) electrons. The zero-order chi connectivity index (χ0) is 18.1. The van der Waals surface area contributed by atoms with E-state index in [-0.39, 0.29) is 12.2 Å². The van der Waals surface area contributed by atoms with Gasteiger partial charge in [0.1, 0.15) is 6.10 Å². The standard InChI is InChI=1S/C17H20F4O3/c1-3-4-11-10(2)13(5-12(11)22)24-15(23)14-16(6-18,7-19)17(14,8-20)9-21/h3,13-14H,1,4-9H2,2H3. The third-order valence-electron chi connectivity index (χ3n) is 5.48. The van der Waals surface area contributed by atoms with Crippen LogP contribution in [0.2, 0.25) is 0 Å². The summed E-state index contributed by atoms with van der Waals surface area (Å²) in [5, 5.41) is 0. The van der Waals surface area contributed by atoms with Gasteiger partial charge in [-0.1, -0.05) is 6.08 Å². The predicted octanol–water partition coefficient (Wildman–Crippen LogP) is 3.24. The number of ketones is 1. The van der Waals surface area contributed by atoms with Crippen LogP contribution in [0.1, 0.15) is 19.8 Å². The number of rotatable bonds is 8. The largest absolute Gasteiger partial charge is 0.457 e. The molecular formula is C17H20F4O3. The van der Waals surface area contributed by atoms with E-state index in [9.17, 15) is 27.2 Å². The minimum Gasteiger partial charge on any atom is -0.457 e. The molecule has 1 saturated carbocycles. The van der Waals surface area contributed by atoms with E-state index in [1.165, 1.54) is 6.08 Å². The van der Waals surface area contributed by atoms with Gasteiger partial charge in [-0.15, -0.1) is 6.58 Å². The Morgan fingerprint density at radius 2 is 1.71 bits per heavy atom. The monoisotopic (exact) mass is 348 g/mol. The lowest BCUT2D eigenvalue weighted by Crippen LogP contribution is -2.23. The number of allylic oxidation sites excluding steroid dienone is 2. The Balaban J connectivity index is 2.19. The first-order chi connectivity index (χ1) is 11.4. The average Bonchev–Trinajstić information content (AvgIpc) is 3.11. The number of carbonyl (C=O) groups is 2. The average molecular weight is 348 g/mol. The molecular weight excluding hydrogens is 328 g/mol. The van der Waals surface area contributed by atoms with E-state index in [1.807, 2.05) is 0 Å². The van der Waals surface area contributed by atoms with Gasteiger partial charge in [0.15, 0.2) is 5.78 Å². The molecule has 1 atom stereocenters. The zero-order valence-corrected chi connectivity index (χ0v) is 13.4. The minimum atomic E-state index is -2.02. The van der Waals surface area contributed by atoms with Crippen LogP contribution >= 0.6 is 0 Å². The van der Waals surface area contributed by atoms with Gasteiger partial charge < -0.3 is 4.74 Å². The van der Waals surface area contributed by atoms with Gasteiger partial charge in [-0.2, -0.15) is 0 Å². The maximum absolute atomic E-state index is 13.3. The minimum absolute atomic E-state index is 0.0794. The van der Waals surface area contributed by atoms with Gasteiger partial charge >= 0.3 is 5.97 Å². The molecule has 0 aromatic carbocycles. The predicted molar refractivity (Wildman–Crippen MR) is 79.3 cm³/mol. The normalized spacial score (nSPS) is 25.0. The first-order valence-electron chi connectivity index (χ1n) is 7.67. The Labute approximate surface area is 137 Å². The van der Waals surface area contributed by atoms with Crippen molar-refractivity contribution >= 4 is 11.8 Å². The van der Waals surface area contributed by atoms with Crippen molar-refractivity contribution < 1.29 is 31.9 Å². The number of Topliss-reactive ketones (excluding diaryl/α,β-unsaturated/α-hetero) is 1. The topological polar surface area (TPSA) is 43.4 Å². The summed E-state index contributed by atoms with van der Waals surface area (Å²) in [5.41, 5.74) is -3.02. The Hall–Kier alpha value is -1.66. The fourth-order valence-corrected chi connectivity index (χ4v) is 3.72. The number of carbonyl (C=O) groups excluding carboxylic acids is 2. The lowest BCUT2D eigenvalue weighted by molar-refractivity contribution is -0.151. The number of hydrogen-bond donors (Lipinski definition) is 0. The van der Waals surface area contributed by atoms with E-state index in [2.05, 4.69) is 6.58 Å². The summed E-state index contributed by atoms with van der Waals surface area (Å²) < 4.78 is 58.3. The Morgan fingerprint density at radius 3 is 2.12 bits per heavy atom. The van der Waals surface area contributed by atoms with Crippen molar-refractivity contribution in [1.82, 2.24) is 0 Å². The summed E-state index contributed by atoms with van der Waals surface area (Å²) in [5.74, 6) is -2.79. The van der Waals surface area contributed by atoms with Crippen molar-refractivity contribution in [2.45, 2.75) is 25.9 Å². The number of ether oxygens (including phenoxy) is 1. The number of alkyl halides is 4. The van der Waals surface area contributed by atoms with E-state index in [4.69, 9.17) is 4.74 Å². The maximum atomic E-state index is 13.3. The highest BCUT2D eigenvalue weighted by molar-refractivity contribution is 6.00. The Bertz CT molecular complexity index is 558. The van der Waals surface area contributed by atoms with Crippen LogP contribution in [-0.4, -0.2) is 44.6 Å². The molecule has 1 fully saturated rings. The lowest BCUT2D eigenvalue weighted by Gasteiger charge is -2.14. The van der Waals surface area contributed by atoms with Crippen molar-refractivity contribution in [1.29, 1.82) is 0 Å². The second-order valence-electron chi connectivity index (χ2n) is 6.49. The highest BCUT2D eigenvalue weighted by atomic mass is 19.1. The second-order valence-corrected chi connectivity index (χ2v) is 6.49. The van der Waals surface area contributed by atoms with Gasteiger partial charge in [-0.25, -0.2) is 0 Å². The quantitative estimate of drug-likeness (QED) is 0.384. The summed E-state index contributed by atoms with van der Waals surface area (Å²) in [4.78, 5) is 24.2. The van der Waals surface area contributed by atoms with E-state index in [0.29, 0.717) is 17.6 Å². The first kappa shape index (κ1) is 18.7. The van der Waals surface area contributed by atoms with Crippen LogP contribution in [0.5, 0.6) is 0 Å². The fourth-order valence-electron chi connectivity index (χ4n) is 3.72. The third-order valence-corrected chi connectivity index (χ3v) is 5.48. The summed E-state index contributed by atoms with van der Waals surface area (Å²) in [7, 11) is 0. The van der Waals surface area contributed by atoms with Crippen molar-refractivity contribution in [2.75, 3.05) is 26.7 Å². The number of halogens is 4. The highest BCUT2D eigenvalue weighted by Gasteiger charge is 2.81. The molecule has 134 valence electrons. The zero-order valence-electron chi connectivity index (χ0n) is 13.4. The van der Waals surface area contributed by atoms with Crippen LogP contribution in [0.3, 0.4) is 0 Å². The van der Waals surface area contributed by atoms with E-state index < -0.39 is 55.5 Å².